The van der Waals surface area contributed by atoms with E-state index in [1.807, 2.05) is 11.1 Å². The topological polar surface area (TPSA) is 109 Å². The van der Waals surface area contributed by atoms with Crippen molar-refractivity contribution in [3.8, 4) is 6.07 Å². The highest BCUT2D eigenvalue weighted by Crippen LogP contribution is 2.34. The molecular weight excluding hydrogens is 655 g/mol. The second-order valence-corrected chi connectivity index (χ2v) is 14.3. The lowest BCUT2D eigenvalue weighted by atomic mass is 10.0. The van der Waals surface area contributed by atoms with Crippen molar-refractivity contribution in [3.63, 3.8) is 0 Å². The number of hydrogen-bond acceptors (Lipinski definition) is 11. The Morgan fingerprint density at radius 2 is 1.86 bits per heavy atom. The highest BCUT2D eigenvalue weighted by Gasteiger charge is 2.30. The maximum atomic E-state index is 13.1. The summed E-state index contributed by atoms with van der Waals surface area (Å²) in [4.78, 5) is 14.6. The van der Waals surface area contributed by atoms with Gasteiger partial charge in [0, 0.05) is 94.4 Å². The molecule has 1 unspecified atom stereocenters. The number of hydrazine groups is 1. The minimum Gasteiger partial charge on any atom is -0.377 e. The van der Waals surface area contributed by atoms with Crippen LogP contribution in [0.15, 0.2) is 24.3 Å². The van der Waals surface area contributed by atoms with Crippen LogP contribution in [0, 0.1) is 18.3 Å². The lowest BCUT2D eigenvalue weighted by Gasteiger charge is -2.39. The van der Waals surface area contributed by atoms with Crippen LogP contribution in [0.1, 0.15) is 47.3 Å². The van der Waals surface area contributed by atoms with Crippen LogP contribution < -0.4 is 5.32 Å². The Labute approximate surface area is 288 Å². The number of halogens is 3. The van der Waals surface area contributed by atoms with Gasteiger partial charge in [0.05, 0.1) is 11.8 Å². The molecule has 15 heteroatoms. The molecule has 2 aliphatic heterocycles. The number of piperazine rings is 1. The summed E-state index contributed by atoms with van der Waals surface area (Å²) in [5, 5.41) is 28.1. The van der Waals surface area contributed by atoms with E-state index in [1.54, 1.807) is 20.2 Å². The first kappa shape index (κ1) is 35.5. The molecule has 2 saturated heterocycles. The maximum absolute atomic E-state index is 13.1. The van der Waals surface area contributed by atoms with Gasteiger partial charge in [0.2, 0.25) is 0 Å². The standard InChI is InChI=1S/C34H44F3N9O2S/c1-22(44-11-13-45(14-12-44)42(3)47)19-46-26(18-38)15-28-23(2)24(5-6-30(28)46)20-43-9-7-25(8-10-43)39-32-29-16-27(17-34(35,36)37)49-33(29)41-31(40-32)21-48-4/h5-6,15-16,22,25,47H,7-14,17,19-21H2,1-4H3,(H,39,40,41). The number of likely N-dealkylation sites (tertiary alicyclic amines) is 1. The van der Waals surface area contributed by atoms with Gasteiger partial charge < -0.3 is 14.6 Å². The number of hydroxylamine groups is 1. The van der Waals surface area contributed by atoms with Crippen molar-refractivity contribution in [2.24, 2.45) is 0 Å². The summed E-state index contributed by atoms with van der Waals surface area (Å²) in [6.45, 7) is 10.9. The van der Waals surface area contributed by atoms with Crippen molar-refractivity contribution in [1.82, 2.24) is 34.5 Å². The first-order chi connectivity index (χ1) is 23.4. The smallest absolute Gasteiger partial charge is 0.377 e. The lowest BCUT2D eigenvalue weighted by molar-refractivity contribution is -0.237. The van der Waals surface area contributed by atoms with Gasteiger partial charge in [-0.25, -0.2) is 15.0 Å². The van der Waals surface area contributed by atoms with E-state index < -0.39 is 12.6 Å². The summed E-state index contributed by atoms with van der Waals surface area (Å²) >= 11 is 1.05. The maximum Gasteiger partial charge on any atom is 0.393 e. The summed E-state index contributed by atoms with van der Waals surface area (Å²) in [5.74, 6) is 1.01. The monoisotopic (exact) mass is 699 g/mol. The quantitative estimate of drug-likeness (QED) is 0.198. The van der Waals surface area contributed by atoms with Crippen LogP contribution in [0.2, 0.25) is 0 Å². The van der Waals surface area contributed by atoms with Crippen molar-refractivity contribution in [2.45, 2.75) is 71.1 Å². The van der Waals surface area contributed by atoms with Crippen LogP contribution >= 0.6 is 11.3 Å². The molecule has 11 nitrogen and oxygen atoms in total. The Kier molecular flexibility index (Phi) is 10.8. The summed E-state index contributed by atoms with van der Waals surface area (Å²) in [5.41, 5.74) is 4.14. The largest absolute Gasteiger partial charge is 0.393 e. The SMILES string of the molecule is COCc1nc(NC2CCN(Cc3ccc4c(cc(C#N)n4CC(C)N4CCN(N(C)O)CC4)c3C)CC2)c2cc(CC(F)(F)F)sc2n1. The number of thiophene rings is 1. The average Bonchev–Trinajstić information content (AvgIpc) is 3.63. The molecule has 0 radical (unpaired) electrons. The van der Waals surface area contributed by atoms with Crippen LogP contribution in [0.5, 0.6) is 0 Å². The molecule has 5 heterocycles. The predicted molar refractivity (Wildman–Crippen MR) is 183 cm³/mol. The fraction of sp³-hybridized carbons (Fsp3) is 0.559. The molecule has 0 spiro atoms. The van der Waals surface area contributed by atoms with E-state index in [9.17, 15) is 23.6 Å². The number of nitriles is 1. The Hall–Kier alpha value is -3.36. The Balaban J connectivity index is 1.10. The number of anilines is 1. The molecular formula is C34H44F3N9O2S. The molecule has 0 aliphatic carbocycles. The number of piperidine rings is 1. The minimum absolute atomic E-state index is 0.126. The third-order valence-electron chi connectivity index (χ3n) is 9.81. The molecule has 264 valence electrons. The van der Waals surface area contributed by atoms with E-state index >= 15 is 0 Å². The zero-order valence-corrected chi connectivity index (χ0v) is 29.2. The zero-order chi connectivity index (χ0) is 34.9. The number of ether oxygens (including phenoxy) is 1. The lowest BCUT2D eigenvalue weighted by Crippen LogP contribution is -2.54. The van der Waals surface area contributed by atoms with E-state index in [-0.39, 0.29) is 23.6 Å². The first-order valence-electron chi connectivity index (χ1n) is 16.7. The van der Waals surface area contributed by atoms with Gasteiger partial charge in [-0.2, -0.15) is 18.4 Å². The second kappa shape index (κ2) is 14.9. The number of rotatable bonds is 11. The van der Waals surface area contributed by atoms with Crippen LogP contribution in [-0.4, -0.2) is 111 Å². The Bertz CT molecular complexity index is 1800. The van der Waals surface area contributed by atoms with Gasteiger partial charge in [-0.15, -0.1) is 16.5 Å². The number of nitrogens with zero attached hydrogens (tertiary/aromatic N) is 8. The molecule has 6 rings (SSSR count). The van der Waals surface area contributed by atoms with Crippen LogP contribution in [0.4, 0.5) is 19.0 Å². The number of hydrogen-bond donors (Lipinski definition) is 2. The number of nitrogens with one attached hydrogen (secondary N) is 1. The normalized spacial score (nSPS) is 18.1. The van der Waals surface area contributed by atoms with Crippen molar-refractivity contribution < 1.29 is 23.1 Å². The highest BCUT2D eigenvalue weighted by molar-refractivity contribution is 7.18. The van der Waals surface area contributed by atoms with Gasteiger partial charge in [-0.1, -0.05) is 6.07 Å². The first-order valence-corrected chi connectivity index (χ1v) is 17.5. The molecule has 1 atom stereocenters. The van der Waals surface area contributed by atoms with E-state index in [1.165, 1.54) is 11.1 Å². The number of fused-ring (bicyclic) bond motifs is 2. The molecule has 49 heavy (non-hydrogen) atoms. The summed E-state index contributed by atoms with van der Waals surface area (Å²) in [7, 11) is 3.19. The van der Waals surface area contributed by atoms with Crippen molar-refractivity contribution in [3.05, 3.63) is 51.8 Å². The van der Waals surface area contributed by atoms with Gasteiger partial charge in [0.1, 0.15) is 29.0 Å². The average molecular weight is 700 g/mol. The number of alkyl halides is 3. The third-order valence-corrected chi connectivity index (χ3v) is 10.8. The van der Waals surface area contributed by atoms with Crippen molar-refractivity contribution in [1.29, 1.82) is 5.26 Å². The van der Waals surface area contributed by atoms with E-state index in [0.29, 0.717) is 34.1 Å². The highest BCUT2D eigenvalue weighted by atomic mass is 32.1. The summed E-state index contributed by atoms with van der Waals surface area (Å²) in [6, 6.07) is 10.7. The molecule has 4 aromatic rings. The van der Waals surface area contributed by atoms with Crippen LogP contribution in [0.25, 0.3) is 21.1 Å². The molecule has 0 saturated carbocycles. The third kappa shape index (κ3) is 8.18. The van der Waals surface area contributed by atoms with Gasteiger partial charge in [0.15, 0.2) is 5.82 Å². The van der Waals surface area contributed by atoms with E-state index in [2.05, 4.69) is 61.7 Å². The Morgan fingerprint density at radius 3 is 2.51 bits per heavy atom. The molecule has 2 N–H and O–H groups in total. The molecule has 1 aromatic carbocycles. The minimum atomic E-state index is -4.29. The predicted octanol–water partition coefficient (Wildman–Crippen LogP) is 5.40. The fourth-order valence-corrected chi connectivity index (χ4v) is 8.15. The fourth-order valence-electron chi connectivity index (χ4n) is 7.08. The molecule has 0 bridgehead atoms. The van der Waals surface area contributed by atoms with Gasteiger partial charge in [0.25, 0.3) is 0 Å². The molecule has 2 fully saturated rings. The van der Waals surface area contributed by atoms with Crippen LogP contribution in [-0.2, 0) is 30.9 Å². The molecule has 3 aromatic heterocycles. The van der Waals surface area contributed by atoms with Gasteiger partial charge in [-0.05, 0) is 56.0 Å². The van der Waals surface area contributed by atoms with Gasteiger partial charge >= 0.3 is 6.18 Å². The number of aromatic nitrogens is 3. The van der Waals surface area contributed by atoms with E-state index in [0.717, 1.165) is 86.1 Å². The number of aryl methyl sites for hydroxylation is 1. The second-order valence-electron chi connectivity index (χ2n) is 13.2. The molecule has 2 aliphatic rings. The van der Waals surface area contributed by atoms with E-state index in [4.69, 9.17) is 4.74 Å². The van der Waals surface area contributed by atoms with Crippen molar-refractivity contribution in [2.75, 3.05) is 58.7 Å². The van der Waals surface area contributed by atoms with Gasteiger partial charge in [-0.3, -0.25) is 15.0 Å². The van der Waals surface area contributed by atoms with Crippen molar-refractivity contribution >= 4 is 38.3 Å². The summed E-state index contributed by atoms with van der Waals surface area (Å²) < 4.78 is 46.7. The Morgan fingerprint density at radius 1 is 1.12 bits per heavy atom. The molecule has 0 amide bonds. The number of methoxy groups -OCH3 is 1. The van der Waals surface area contributed by atoms with Crippen LogP contribution in [0.3, 0.4) is 0 Å². The zero-order valence-electron chi connectivity index (χ0n) is 28.4. The number of benzene rings is 1. The summed E-state index contributed by atoms with van der Waals surface area (Å²) in [6.07, 6.45) is -3.55.